The molecule has 0 unspecified atom stereocenters. The Bertz CT molecular complexity index is 637. The molecule has 1 N–H and O–H groups in total. The van der Waals surface area contributed by atoms with Gasteiger partial charge in [-0.3, -0.25) is 0 Å². The zero-order valence-corrected chi connectivity index (χ0v) is 13.1. The molecule has 0 saturated heterocycles. The molecule has 1 atom stereocenters. The van der Waals surface area contributed by atoms with Crippen LogP contribution in [-0.4, -0.2) is 27.0 Å². The van der Waals surface area contributed by atoms with Crippen LogP contribution in [0.1, 0.15) is 6.92 Å². The van der Waals surface area contributed by atoms with Crippen molar-refractivity contribution >= 4 is 44.5 Å². The summed E-state index contributed by atoms with van der Waals surface area (Å²) in [7, 11) is -3.53. The Balaban J connectivity index is 2.17. The molecule has 0 saturated carbocycles. The number of fused-ring (bicyclic) bond motifs is 1. The molecule has 0 aliphatic carbocycles. The van der Waals surface area contributed by atoms with Crippen molar-refractivity contribution in [2.45, 2.75) is 11.8 Å². The molecule has 8 heteroatoms. The molecule has 1 aliphatic heterocycles. The fourth-order valence-electron chi connectivity index (χ4n) is 1.67. The highest BCUT2D eigenvalue weighted by Crippen LogP contribution is 2.37. The summed E-state index contributed by atoms with van der Waals surface area (Å²) in [4.78, 5) is 0.204. The van der Waals surface area contributed by atoms with Gasteiger partial charge in [-0.1, -0.05) is 13.0 Å². The topological polar surface area (TPSA) is 70.9 Å². The molecule has 104 valence electrons. The summed E-state index contributed by atoms with van der Waals surface area (Å²) in [5.74, 6) is 1.21. The van der Waals surface area contributed by atoms with Gasteiger partial charge in [-0.2, -0.15) is 20.5 Å². The second-order valence-corrected chi connectivity index (χ2v) is 7.48. The van der Waals surface area contributed by atoms with E-state index in [1.165, 1.54) is 0 Å². The van der Waals surface area contributed by atoms with Gasteiger partial charge in [-0.25, -0.2) is 13.1 Å². The fraction of sp³-hybridized carbons (Fsp3) is 0.455. The van der Waals surface area contributed by atoms with E-state index in [0.29, 0.717) is 17.9 Å². The average Bonchev–Trinajstić information content (AvgIpc) is 2.84. The zero-order chi connectivity index (χ0) is 13.9. The maximum Gasteiger partial charge on any atom is 0.242 e. The molecular weight excluding hydrogens is 302 g/mol. The first-order chi connectivity index (χ1) is 9.04. The smallest absolute Gasteiger partial charge is 0.211 e. The van der Waals surface area contributed by atoms with Crippen LogP contribution < -0.4 is 4.72 Å². The summed E-state index contributed by atoms with van der Waals surface area (Å²) in [6.07, 6.45) is 2.01. The Morgan fingerprint density at radius 2 is 2.21 bits per heavy atom. The third-order valence-electron chi connectivity index (χ3n) is 2.61. The lowest BCUT2D eigenvalue weighted by Gasteiger charge is -2.12. The number of hydrogen-bond acceptors (Lipinski definition) is 5. The number of hydrogen-bond donors (Lipinski definition) is 1. The first kappa shape index (κ1) is 14.7. The average molecular weight is 317 g/mol. The van der Waals surface area contributed by atoms with Crippen LogP contribution in [0.3, 0.4) is 0 Å². The van der Waals surface area contributed by atoms with Crippen LogP contribution in [-0.2, 0) is 21.4 Å². The SMILES string of the molecule is CSC[C@@H](C)CNS(=O)(=O)c1cccc2c1N=S=N2. The minimum Gasteiger partial charge on any atom is -0.211 e. The molecule has 0 radical (unpaired) electrons. The van der Waals surface area contributed by atoms with Gasteiger partial charge in [0.25, 0.3) is 0 Å². The number of thioether (sulfide) groups is 1. The molecule has 1 aromatic rings. The van der Waals surface area contributed by atoms with Gasteiger partial charge in [0.2, 0.25) is 10.0 Å². The van der Waals surface area contributed by atoms with Gasteiger partial charge < -0.3 is 0 Å². The molecule has 2 rings (SSSR count). The zero-order valence-electron chi connectivity index (χ0n) is 10.7. The van der Waals surface area contributed by atoms with E-state index < -0.39 is 10.0 Å². The molecule has 0 fully saturated rings. The van der Waals surface area contributed by atoms with Gasteiger partial charge in [0.05, 0.1) is 11.4 Å². The third kappa shape index (κ3) is 3.44. The van der Waals surface area contributed by atoms with Gasteiger partial charge in [-0.15, -0.1) is 0 Å². The van der Waals surface area contributed by atoms with E-state index in [0.717, 1.165) is 17.1 Å². The summed E-state index contributed by atoms with van der Waals surface area (Å²) in [6.45, 7) is 2.45. The van der Waals surface area contributed by atoms with Crippen LogP contribution in [0.15, 0.2) is 31.8 Å². The molecule has 0 spiro atoms. The Morgan fingerprint density at radius 3 is 2.95 bits per heavy atom. The maximum atomic E-state index is 12.3. The quantitative estimate of drug-likeness (QED) is 0.890. The van der Waals surface area contributed by atoms with Gasteiger partial charge in [-0.05, 0) is 30.1 Å². The monoisotopic (exact) mass is 317 g/mol. The molecule has 0 aromatic heterocycles. The van der Waals surface area contributed by atoms with Crippen molar-refractivity contribution in [1.29, 1.82) is 0 Å². The van der Waals surface area contributed by atoms with Crippen LogP contribution in [0.5, 0.6) is 0 Å². The molecule has 0 bridgehead atoms. The van der Waals surface area contributed by atoms with Gasteiger partial charge in [0, 0.05) is 6.54 Å². The van der Waals surface area contributed by atoms with Crippen molar-refractivity contribution in [2.24, 2.45) is 14.6 Å². The first-order valence-corrected chi connectivity index (χ1v) is 9.35. The normalized spacial score (nSPS) is 15.1. The van der Waals surface area contributed by atoms with Crippen LogP contribution in [0.4, 0.5) is 11.4 Å². The summed E-state index contributed by atoms with van der Waals surface area (Å²) in [5.41, 5.74) is 1.06. The van der Waals surface area contributed by atoms with Gasteiger partial charge >= 0.3 is 0 Å². The first-order valence-electron chi connectivity index (χ1n) is 5.74. The van der Waals surface area contributed by atoms with Crippen LogP contribution in [0.2, 0.25) is 0 Å². The molecular formula is C11H15N3O2S3. The maximum absolute atomic E-state index is 12.3. The van der Waals surface area contributed by atoms with Crippen molar-refractivity contribution in [1.82, 2.24) is 4.72 Å². The van der Waals surface area contributed by atoms with E-state index in [2.05, 4.69) is 13.4 Å². The lowest BCUT2D eigenvalue weighted by molar-refractivity contribution is 0.563. The largest absolute Gasteiger partial charge is 0.242 e. The minimum atomic E-state index is -3.53. The molecule has 0 amide bonds. The van der Waals surface area contributed by atoms with E-state index in [-0.39, 0.29) is 10.8 Å². The summed E-state index contributed by atoms with van der Waals surface area (Å²) < 4.78 is 35.3. The highest BCUT2D eigenvalue weighted by Gasteiger charge is 2.22. The summed E-state index contributed by atoms with van der Waals surface area (Å²) in [5, 5.41) is 0. The fourth-order valence-corrected chi connectivity index (χ4v) is 4.29. The lowest BCUT2D eigenvalue weighted by Crippen LogP contribution is -2.29. The van der Waals surface area contributed by atoms with Crippen LogP contribution in [0.25, 0.3) is 0 Å². The molecule has 19 heavy (non-hydrogen) atoms. The van der Waals surface area contributed by atoms with Crippen LogP contribution >= 0.6 is 11.8 Å². The predicted molar refractivity (Wildman–Crippen MR) is 80.7 cm³/mol. The second kappa shape index (κ2) is 6.17. The summed E-state index contributed by atoms with van der Waals surface area (Å²) in [6, 6.07) is 5.00. The number of nitrogens with one attached hydrogen (secondary N) is 1. The van der Waals surface area contributed by atoms with Crippen molar-refractivity contribution < 1.29 is 8.42 Å². The number of sulfonamides is 1. The van der Waals surface area contributed by atoms with Crippen molar-refractivity contribution in [3.05, 3.63) is 18.2 Å². The van der Waals surface area contributed by atoms with Gasteiger partial charge in [0.1, 0.15) is 16.3 Å². The van der Waals surface area contributed by atoms with Crippen molar-refractivity contribution in [2.75, 3.05) is 18.6 Å². The van der Waals surface area contributed by atoms with Crippen molar-refractivity contribution in [3.63, 3.8) is 0 Å². The van der Waals surface area contributed by atoms with E-state index in [4.69, 9.17) is 0 Å². The summed E-state index contributed by atoms with van der Waals surface area (Å²) >= 11 is 2.72. The van der Waals surface area contributed by atoms with E-state index in [1.807, 2.05) is 13.2 Å². The van der Waals surface area contributed by atoms with E-state index in [9.17, 15) is 8.42 Å². The van der Waals surface area contributed by atoms with E-state index >= 15 is 0 Å². The molecule has 1 aliphatic rings. The number of nitrogens with zero attached hydrogens (tertiary/aromatic N) is 2. The number of rotatable bonds is 6. The Labute approximate surface area is 121 Å². The molecule has 5 nitrogen and oxygen atoms in total. The van der Waals surface area contributed by atoms with Gasteiger partial charge in [0.15, 0.2) is 0 Å². The lowest BCUT2D eigenvalue weighted by atomic mass is 10.2. The second-order valence-electron chi connectivity index (χ2n) is 4.30. The highest BCUT2D eigenvalue weighted by atomic mass is 32.2. The number of benzene rings is 1. The van der Waals surface area contributed by atoms with Crippen LogP contribution in [0, 0.1) is 5.92 Å². The van der Waals surface area contributed by atoms with E-state index in [1.54, 1.807) is 30.0 Å². The molecule has 1 aromatic carbocycles. The third-order valence-corrected chi connectivity index (χ3v) is 5.51. The minimum absolute atomic E-state index is 0.204. The molecule has 1 heterocycles. The predicted octanol–water partition coefficient (Wildman–Crippen LogP) is 2.69. The highest BCUT2D eigenvalue weighted by molar-refractivity contribution is 7.98. The Hall–Kier alpha value is -0.700. The standard InChI is InChI=1S/C11H15N3O2S3/c1-8(7-17-2)6-12-19(15,16)10-5-3-4-9-11(10)14-18-13-9/h3-5,8,12H,6-7H2,1-2H3/t8-/m0/s1. The Morgan fingerprint density at radius 1 is 1.42 bits per heavy atom. The van der Waals surface area contributed by atoms with Crippen molar-refractivity contribution in [3.8, 4) is 0 Å². The Kier molecular flexibility index (Phi) is 4.77.